The maximum absolute atomic E-state index is 2.64. The number of quaternary nitrogens is 1. The van der Waals surface area contributed by atoms with Crippen LogP contribution < -0.4 is 17.0 Å². The number of hydrogen-bond donors (Lipinski definition) is 0. The first kappa shape index (κ1) is 19.3. The number of hydrogen-bond acceptors (Lipinski definition) is 2. The van der Waals surface area contributed by atoms with E-state index in [1.807, 2.05) is 22.7 Å². The van der Waals surface area contributed by atoms with Gasteiger partial charge in [-0.15, -0.1) is 22.7 Å². The topological polar surface area (TPSA) is 0 Å². The van der Waals surface area contributed by atoms with Crippen LogP contribution in [0.2, 0.25) is 0 Å². The zero-order chi connectivity index (χ0) is 16.9. The van der Waals surface area contributed by atoms with Crippen molar-refractivity contribution in [3.05, 3.63) is 49.9 Å². The Morgan fingerprint density at radius 1 is 0.960 bits per heavy atom. The van der Waals surface area contributed by atoms with Crippen LogP contribution in [-0.2, 0) is 0 Å². The molecule has 2 saturated heterocycles. The van der Waals surface area contributed by atoms with Gasteiger partial charge in [-0.3, -0.25) is 0 Å². The molecule has 2 aliphatic rings. The van der Waals surface area contributed by atoms with Crippen molar-refractivity contribution in [2.75, 3.05) is 14.1 Å². The molecule has 0 amide bonds. The van der Waals surface area contributed by atoms with Crippen molar-refractivity contribution in [1.82, 2.24) is 0 Å². The third-order valence-electron chi connectivity index (χ3n) is 6.48. The van der Waals surface area contributed by atoms with Gasteiger partial charge in [0.25, 0.3) is 0 Å². The average Bonchev–Trinajstić information content (AvgIpc) is 3.15. The molecule has 0 saturated carbocycles. The number of nitrogens with zero attached hydrogens (tertiary/aromatic N) is 1. The second-order valence-electron chi connectivity index (χ2n) is 8.19. The first-order valence-electron chi connectivity index (χ1n) is 9.11. The fourth-order valence-electron chi connectivity index (χ4n) is 4.85. The van der Waals surface area contributed by atoms with Crippen LogP contribution in [0.25, 0.3) is 5.57 Å². The van der Waals surface area contributed by atoms with Crippen LogP contribution in [0.4, 0.5) is 0 Å². The van der Waals surface area contributed by atoms with Crippen molar-refractivity contribution in [3.63, 3.8) is 0 Å². The summed E-state index contributed by atoms with van der Waals surface area (Å²) in [7, 11) is 4.91. The molecule has 2 fully saturated rings. The summed E-state index contributed by atoms with van der Waals surface area (Å²) in [6.07, 6.45) is 8.21. The van der Waals surface area contributed by atoms with Gasteiger partial charge in [-0.25, -0.2) is 0 Å². The first-order valence-corrected chi connectivity index (χ1v) is 10.9. The minimum absolute atomic E-state index is 0. The van der Waals surface area contributed by atoms with Crippen molar-refractivity contribution in [2.45, 2.75) is 51.6 Å². The molecule has 25 heavy (non-hydrogen) atoms. The number of thiophene rings is 2. The fourth-order valence-corrected chi connectivity index (χ4v) is 6.83. The second kappa shape index (κ2) is 7.30. The van der Waals surface area contributed by atoms with E-state index < -0.39 is 0 Å². The van der Waals surface area contributed by atoms with Gasteiger partial charge in [-0.1, -0.05) is 6.08 Å². The van der Waals surface area contributed by atoms with Gasteiger partial charge < -0.3 is 21.5 Å². The highest BCUT2D eigenvalue weighted by molar-refractivity contribution is 7.14. The third-order valence-corrected chi connectivity index (χ3v) is 8.58. The van der Waals surface area contributed by atoms with Crippen LogP contribution in [0.5, 0.6) is 0 Å². The summed E-state index contributed by atoms with van der Waals surface area (Å²) in [5.41, 5.74) is 4.36. The molecule has 136 valence electrons. The zero-order valence-corrected chi connectivity index (χ0v) is 18.8. The van der Waals surface area contributed by atoms with Crippen molar-refractivity contribution >= 4 is 28.2 Å². The SMILES string of the molecule is Cc1ccsc1C(=CC1CC2CCC(C1)[N+]2(C)C)c1sccc1C.[Br-]. The Morgan fingerprint density at radius 3 is 1.84 bits per heavy atom. The minimum atomic E-state index is 0. The van der Waals surface area contributed by atoms with Gasteiger partial charge in [0.15, 0.2) is 0 Å². The van der Waals surface area contributed by atoms with Crippen LogP contribution in [0.3, 0.4) is 0 Å². The Kier molecular flexibility index (Phi) is 5.65. The van der Waals surface area contributed by atoms with Crippen LogP contribution in [-0.4, -0.2) is 30.7 Å². The summed E-state index contributed by atoms with van der Waals surface area (Å²) >= 11 is 3.81. The molecule has 0 aromatic carbocycles. The van der Waals surface area contributed by atoms with Gasteiger partial charge in [0.05, 0.1) is 26.2 Å². The van der Waals surface area contributed by atoms with Gasteiger partial charge in [-0.05, 0) is 53.8 Å². The van der Waals surface area contributed by atoms with E-state index in [9.17, 15) is 0 Å². The zero-order valence-electron chi connectivity index (χ0n) is 15.6. The predicted molar refractivity (Wildman–Crippen MR) is 107 cm³/mol. The molecule has 1 nitrogen and oxygen atoms in total. The Labute approximate surface area is 170 Å². The molecule has 4 rings (SSSR count). The molecule has 0 radical (unpaired) electrons. The number of fused-ring (bicyclic) bond motifs is 2. The van der Waals surface area contributed by atoms with E-state index in [1.165, 1.54) is 56.6 Å². The summed E-state index contributed by atoms with van der Waals surface area (Å²) in [5.74, 6) is 0.742. The quantitative estimate of drug-likeness (QED) is 0.647. The lowest BCUT2D eigenvalue weighted by Gasteiger charge is -2.43. The molecule has 2 aromatic heterocycles. The summed E-state index contributed by atoms with van der Waals surface area (Å²) in [6.45, 7) is 4.51. The lowest BCUT2D eigenvalue weighted by molar-refractivity contribution is -0.931. The Morgan fingerprint density at radius 2 is 1.44 bits per heavy atom. The van der Waals surface area contributed by atoms with Crippen molar-refractivity contribution in [2.24, 2.45) is 5.92 Å². The van der Waals surface area contributed by atoms with E-state index in [0.29, 0.717) is 0 Å². The van der Waals surface area contributed by atoms with Gasteiger partial charge in [-0.2, -0.15) is 0 Å². The largest absolute Gasteiger partial charge is 1.00 e. The summed E-state index contributed by atoms with van der Waals surface area (Å²) in [5, 5.41) is 4.48. The van der Waals surface area contributed by atoms with Crippen LogP contribution in [0.1, 0.15) is 46.6 Å². The molecule has 4 heteroatoms. The molecule has 2 aliphatic heterocycles. The van der Waals surface area contributed by atoms with Crippen LogP contribution >= 0.6 is 22.7 Å². The lowest BCUT2D eigenvalue weighted by Crippen LogP contribution is -3.00. The van der Waals surface area contributed by atoms with Crippen LogP contribution in [0, 0.1) is 19.8 Å². The number of halogens is 1. The van der Waals surface area contributed by atoms with E-state index >= 15 is 0 Å². The summed E-state index contributed by atoms with van der Waals surface area (Å²) in [6, 6.07) is 6.25. The Balaban J connectivity index is 0.00000182. The van der Waals surface area contributed by atoms with Crippen LogP contribution in [0.15, 0.2) is 29.0 Å². The van der Waals surface area contributed by atoms with Gasteiger partial charge in [0, 0.05) is 41.0 Å². The molecular formula is C21H28BrNS2. The molecule has 2 atom stereocenters. The van der Waals surface area contributed by atoms with E-state index in [2.05, 4.69) is 56.9 Å². The predicted octanol–water partition coefficient (Wildman–Crippen LogP) is 2.88. The number of aryl methyl sites for hydroxylation is 2. The highest BCUT2D eigenvalue weighted by Gasteiger charge is 2.48. The van der Waals surface area contributed by atoms with E-state index in [4.69, 9.17) is 0 Å². The monoisotopic (exact) mass is 437 g/mol. The van der Waals surface area contributed by atoms with E-state index in [-0.39, 0.29) is 17.0 Å². The van der Waals surface area contributed by atoms with E-state index in [0.717, 1.165) is 18.0 Å². The number of piperidine rings is 1. The van der Waals surface area contributed by atoms with Gasteiger partial charge in [0.2, 0.25) is 0 Å². The smallest absolute Gasteiger partial charge is 0.0896 e. The summed E-state index contributed by atoms with van der Waals surface area (Å²) < 4.78 is 1.26. The van der Waals surface area contributed by atoms with Crippen molar-refractivity contribution in [3.8, 4) is 0 Å². The lowest BCUT2D eigenvalue weighted by atomic mass is 9.87. The maximum Gasteiger partial charge on any atom is 0.0896 e. The molecule has 2 bridgehead atoms. The van der Waals surface area contributed by atoms with E-state index in [1.54, 1.807) is 0 Å². The average molecular weight is 439 g/mol. The summed E-state index contributed by atoms with van der Waals surface area (Å²) in [4.78, 5) is 2.96. The highest BCUT2D eigenvalue weighted by Crippen LogP contribution is 2.45. The molecule has 0 N–H and O–H groups in total. The highest BCUT2D eigenvalue weighted by atomic mass is 79.9. The second-order valence-corrected chi connectivity index (χ2v) is 10.0. The standard InChI is InChI=1S/C21H28NS2.BrH/c1-14-7-9-23-20(14)19(21-15(2)8-10-24-21)13-16-11-17-5-6-18(12-16)22(17,3)4;/h7-10,13,16-18H,5-6,11-12H2,1-4H3;1H/q+1;/p-1. The first-order chi connectivity index (χ1) is 11.5. The molecule has 4 heterocycles. The molecule has 2 unspecified atom stereocenters. The van der Waals surface area contributed by atoms with Crippen molar-refractivity contribution < 1.29 is 21.5 Å². The normalized spacial score (nSPS) is 27.0. The molecule has 2 aromatic rings. The molecule has 0 spiro atoms. The van der Waals surface area contributed by atoms with Crippen molar-refractivity contribution in [1.29, 1.82) is 0 Å². The Hall–Kier alpha value is -0.420. The third kappa shape index (κ3) is 3.43. The molecular weight excluding hydrogens is 410 g/mol. The Bertz CT molecular complexity index is 712. The fraction of sp³-hybridized carbons (Fsp3) is 0.524. The molecule has 0 aliphatic carbocycles. The maximum atomic E-state index is 2.64. The number of allylic oxidation sites excluding steroid dienone is 1. The minimum Gasteiger partial charge on any atom is -1.00 e. The van der Waals surface area contributed by atoms with Gasteiger partial charge >= 0.3 is 0 Å². The van der Waals surface area contributed by atoms with Gasteiger partial charge in [0.1, 0.15) is 0 Å². The number of rotatable bonds is 3.